The molecule has 0 radical (unpaired) electrons. The fraction of sp³-hybridized carbons (Fsp3) is 0.905. The quantitative estimate of drug-likeness (QED) is 0.0321. The Bertz CT molecular complexity index is 1080. The second-order valence-corrected chi connectivity index (χ2v) is 21.4. The van der Waals surface area contributed by atoms with Gasteiger partial charge < -0.3 is 20.3 Å². The molecule has 0 bridgehead atoms. The third kappa shape index (κ3) is 55.5. The molecule has 0 saturated carbocycles. The van der Waals surface area contributed by atoms with Crippen molar-refractivity contribution in [2.75, 3.05) is 13.2 Å². The summed E-state index contributed by atoms with van der Waals surface area (Å²) in [6.45, 7) is 4.92. The zero-order chi connectivity index (χ0) is 50.0. The number of esters is 1. The third-order valence-corrected chi connectivity index (χ3v) is 14.5. The van der Waals surface area contributed by atoms with Crippen LogP contribution in [-0.2, 0) is 14.3 Å². The molecule has 0 saturated heterocycles. The van der Waals surface area contributed by atoms with E-state index in [0.29, 0.717) is 19.4 Å². The van der Waals surface area contributed by atoms with Crippen molar-refractivity contribution < 1.29 is 24.5 Å². The van der Waals surface area contributed by atoms with Gasteiger partial charge >= 0.3 is 5.97 Å². The second kappa shape index (κ2) is 58.9. The number of aliphatic hydroxyl groups excluding tert-OH is 2. The molecule has 69 heavy (non-hydrogen) atoms. The van der Waals surface area contributed by atoms with E-state index >= 15 is 0 Å². The number of aliphatic hydroxyl groups is 2. The minimum absolute atomic E-state index is 0.00663. The van der Waals surface area contributed by atoms with Gasteiger partial charge in [0.2, 0.25) is 5.91 Å². The van der Waals surface area contributed by atoms with Crippen LogP contribution in [0.3, 0.4) is 0 Å². The Morgan fingerprint density at radius 3 is 1.03 bits per heavy atom. The number of carbonyl (C=O) groups is 2. The van der Waals surface area contributed by atoms with E-state index in [1.54, 1.807) is 6.08 Å². The minimum atomic E-state index is -0.850. The summed E-state index contributed by atoms with van der Waals surface area (Å²) in [6, 6.07) is -0.634. The standard InChI is InChI=1S/C63H121NO5/c1-3-5-7-9-11-13-15-17-18-19-20-23-26-29-32-35-39-43-47-51-55-61(66)60(59-65)64-62(67)56-52-48-44-40-36-33-30-27-24-21-22-25-28-31-34-38-42-46-50-54-58-69-63(68)57-53-49-45-41-37-16-14-12-10-8-6-4-2/h21,24,51,55,60-61,65-66H,3-20,22-23,25-50,52-54,56-59H2,1-2H3,(H,64,67)/b24-21-,55-51+. The predicted octanol–water partition coefficient (Wildman–Crippen LogP) is 19.4. The number of hydrogen-bond donors (Lipinski definition) is 3. The molecule has 3 N–H and O–H groups in total. The predicted molar refractivity (Wildman–Crippen MR) is 301 cm³/mol. The van der Waals surface area contributed by atoms with Crippen LogP contribution < -0.4 is 5.32 Å². The van der Waals surface area contributed by atoms with E-state index in [-0.39, 0.29) is 18.5 Å². The lowest BCUT2D eigenvalue weighted by atomic mass is 10.0. The molecule has 0 aliphatic heterocycles. The molecule has 0 fully saturated rings. The number of allylic oxidation sites excluding steroid dienone is 3. The maximum absolute atomic E-state index is 12.5. The maximum atomic E-state index is 12.5. The SMILES string of the molecule is CCCCCCCCCCCCCCCCCCCC/C=C/C(O)C(CO)NC(=O)CCCCCCCCC/C=C\CCCCCCCCCCCOC(=O)CCCCCCCCCCCCCC. The molecule has 6 heteroatoms. The number of ether oxygens (including phenoxy) is 1. The Hall–Kier alpha value is -1.66. The number of hydrogen-bond acceptors (Lipinski definition) is 5. The van der Waals surface area contributed by atoms with Crippen LogP contribution in [0, 0.1) is 0 Å². The highest BCUT2D eigenvalue weighted by atomic mass is 16.5. The molecule has 0 spiro atoms. The smallest absolute Gasteiger partial charge is 0.305 e. The van der Waals surface area contributed by atoms with Crippen molar-refractivity contribution in [3.63, 3.8) is 0 Å². The first-order valence-corrected chi connectivity index (χ1v) is 31.1. The Labute approximate surface area is 431 Å². The van der Waals surface area contributed by atoms with Crippen LogP contribution >= 0.6 is 0 Å². The summed E-state index contributed by atoms with van der Waals surface area (Å²) in [7, 11) is 0. The molecule has 0 aromatic carbocycles. The molecule has 2 atom stereocenters. The first-order chi connectivity index (χ1) is 34.0. The van der Waals surface area contributed by atoms with Crippen LogP contribution in [0.25, 0.3) is 0 Å². The summed E-state index contributed by atoms with van der Waals surface area (Å²) < 4.78 is 5.47. The van der Waals surface area contributed by atoms with E-state index in [4.69, 9.17) is 4.74 Å². The molecule has 0 aliphatic rings. The van der Waals surface area contributed by atoms with Gasteiger partial charge in [-0.3, -0.25) is 9.59 Å². The number of carbonyl (C=O) groups excluding carboxylic acids is 2. The molecule has 0 aromatic heterocycles. The highest BCUT2D eigenvalue weighted by Gasteiger charge is 2.18. The average molecular weight is 973 g/mol. The monoisotopic (exact) mass is 972 g/mol. The van der Waals surface area contributed by atoms with Crippen LogP contribution in [0.1, 0.15) is 341 Å². The Morgan fingerprint density at radius 1 is 0.391 bits per heavy atom. The van der Waals surface area contributed by atoms with Gasteiger partial charge in [-0.05, 0) is 57.8 Å². The van der Waals surface area contributed by atoms with Crippen molar-refractivity contribution in [2.24, 2.45) is 0 Å². The van der Waals surface area contributed by atoms with Gasteiger partial charge in [0, 0.05) is 12.8 Å². The van der Waals surface area contributed by atoms with E-state index in [1.807, 2.05) is 6.08 Å². The van der Waals surface area contributed by atoms with Gasteiger partial charge in [-0.2, -0.15) is 0 Å². The van der Waals surface area contributed by atoms with Crippen LogP contribution in [0.15, 0.2) is 24.3 Å². The van der Waals surface area contributed by atoms with Crippen molar-refractivity contribution >= 4 is 11.9 Å². The lowest BCUT2D eigenvalue weighted by Crippen LogP contribution is -2.45. The Balaban J connectivity index is 3.46. The molecular weight excluding hydrogens is 851 g/mol. The molecule has 408 valence electrons. The highest BCUT2D eigenvalue weighted by molar-refractivity contribution is 5.76. The Kier molecular flexibility index (Phi) is 57.5. The van der Waals surface area contributed by atoms with Gasteiger partial charge in [0.15, 0.2) is 0 Å². The lowest BCUT2D eigenvalue weighted by molar-refractivity contribution is -0.143. The average Bonchev–Trinajstić information content (AvgIpc) is 3.35. The van der Waals surface area contributed by atoms with E-state index < -0.39 is 12.1 Å². The zero-order valence-electron chi connectivity index (χ0n) is 46.6. The molecule has 0 heterocycles. The number of rotatable bonds is 58. The minimum Gasteiger partial charge on any atom is -0.466 e. The van der Waals surface area contributed by atoms with E-state index in [9.17, 15) is 19.8 Å². The van der Waals surface area contributed by atoms with Gasteiger partial charge in [0.1, 0.15) is 0 Å². The van der Waals surface area contributed by atoms with E-state index in [1.165, 1.54) is 270 Å². The number of nitrogens with one attached hydrogen (secondary N) is 1. The van der Waals surface area contributed by atoms with Crippen LogP contribution in [0.4, 0.5) is 0 Å². The van der Waals surface area contributed by atoms with Gasteiger partial charge in [0.05, 0.1) is 25.4 Å². The van der Waals surface area contributed by atoms with Gasteiger partial charge in [0.25, 0.3) is 0 Å². The first kappa shape index (κ1) is 67.3. The number of amides is 1. The summed E-state index contributed by atoms with van der Waals surface area (Å²) >= 11 is 0. The fourth-order valence-electron chi connectivity index (χ4n) is 9.69. The first-order valence-electron chi connectivity index (χ1n) is 31.1. The summed E-state index contributed by atoms with van der Waals surface area (Å²) in [5, 5.41) is 23.2. The molecule has 6 nitrogen and oxygen atoms in total. The van der Waals surface area contributed by atoms with Gasteiger partial charge in [-0.25, -0.2) is 0 Å². The molecule has 0 aliphatic carbocycles. The Morgan fingerprint density at radius 2 is 0.681 bits per heavy atom. The van der Waals surface area contributed by atoms with Crippen molar-refractivity contribution in [3.8, 4) is 0 Å². The van der Waals surface area contributed by atoms with Crippen molar-refractivity contribution in [2.45, 2.75) is 353 Å². The normalized spacial score (nSPS) is 12.7. The zero-order valence-corrected chi connectivity index (χ0v) is 46.6. The number of unbranched alkanes of at least 4 members (excludes halogenated alkanes) is 45. The van der Waals surface area contributed by atoms with Gasteiger partial charge in [-0.15, -0.1) is 0 Å². The molecular formula is C63H121NO5. The molecule has 1 amide bonds. The summed E-state index contributed by atoms with van der Waals surface area (Å²) in [5.41, 5.74) is 0. The van der Waals surface area contributed by atoms with Crippen LogP contribution in [0.5, 0.6) is 0 Å². The highest BCUT2D eigenvalue weighted by Crippen LogP contribution is 2.17. The summed E-state index contributed by atoms with van der Waals surface area (Å²) in [5.74, 6) is -0.0671. The topological polar surface area (TPSA) is 95.9 Å². The van der Waals surface area contributed by atoms with Crippen molar-refractivity contribution in [3.05, 3.63) is 24.3 Å². The maximum Gasteiger partial charge on any atom is 0.305 e. The fourth-order valence-corrected chi connectivity index (χ4v) is 9.69. The summed E-state index contributed by atoms with van der Waals surface area (Å²) in [4.78, 5) is 24.5. The largest absolute Gasteiger partial charge is 0.466 e. The van der Waals surface area contributed by atoms with E-state index in [2.05, 4.69) is 31.3 Å². The molecule has 0 rings (SSSR count). The van der Waals surface area contributed by atoms with Gasteiger partial charge in [-0.1, -0.05) is 295 Å². The molecule has 2 unspecified atom stereocenters. The third-order valence-electron chi connectivity index (χ3n) is 14.5. The van der Waals surface area contributed by atoms with E-state index in [0.717, 1.165) is 44.9 Å². The lowest BCUT2D eigenvalue weighted by Gasteiger charge is -2.20. The van der Waals surface area contributed by atoms with Crippen molar-refractivity contribution in [1.29, 1.82) is 0 Å². The molecule has 0 aromatic rings. The van der Waals surface area contributed by atoms with Crippen LogP contribution in [-0.4, -0.2) is 47.4 Å². The van der Waals surface area contributed by atoms with Crippen molar-refractivity contribution in [1.82, 2.24) is 5.32 Å². The second-order valence-electron chi connectivity index (χ2n) is 21.4. The van der Waals surface area contributed by atoms with Crippen LogP contribution in [0.2, 0.25) is 0 Å². The summed E-state index contributed by atoms with van der Waals surface area (Å²) in [6.07, 6.45) is 72.1.